The van der Waals surface area contributed by atoms with Crippen molar-refractivity contribution in [3.05, 3.63) is 74.4 Å². The predicted octanol–water partition coefficient (Wildman–Crippen LogP) is 3.91. The summed E-state index contributed by atoms with van der Waals surface area (Å²) in [6, 6.07) is 11.4. The van der Waals surface area contributed by atoms with Gasteiger partial charge in [-0.25, -0.2) is 0 Å². The van der Waals surface area contributed by atoms with Crippen molar-refractivity contribution in [3.63, 3.8) is 0 Å². The van der Waals surface area contributed by atoms with Gasteiger partial charge in [-0.15, -0.1) is 0 Å². The zero-order chi connectivity index (χ0) is 16.1. The van der Waals surface area contributed by atoms with Crippen LogP contribution in [0.5, 0.6) is 11.5 Å². The number of rotatable bonds is 5. The lowest BCUT2D eigenvalue weighted by Gasteiger charge is -2.04. The third-order valence-electron chi connectivity index (χ3n) is 3.09. The summed E-state index contributed by atoms with van der Waals surface area (Å²) in [5, 5.41) is 21.4. The van der Waals surface area contributed by atoms with Crippen LogP contribution in [0.1, 0.15) is 11.1 Å². The van der Waals surface area contributed by atoms with Gasteiger partial charge in [0.1, 0.15) is 11.5 Å². The lowest BCUT2D eigenvalue weighted by Crippen LogP contribution is -2.02. The van der Waals surface area contributed by atoms with Crippen molar-refractivity contribution < 1.29 is 14.8 Å². The fourth-order valence-corrected chi connectivity index (χ4v) is 2.12. The van der Waals surface area contributed by atoms with Crippen LogP contribution in [-0.2, 0) is 6.42 Å². The molecule has 0 aromatic heterocycles. The average Bonchev–Trinajstić information content (AvgIpc) is 2.50. The molecule has 6 heteroatoms. The maximum Gasteiger partial charge on any atom is 0.251 e. The van der Waals surface area contributed by atoms with Gasteiger partial charge in [-0.2, -0.15) is 0 Å². The first-order chi connectivity index (χ1) is 10.5. The number of benzene rings is 2. The van der Waals surface area contributed by atoms with Crippen LogP contribution in [0, 0.1) is 10.1 Å². The maximum atomic E-state index is 11.2. The predicted molar refractivity (Wildman–Crippen MR) is 84.8 cm³/mol. The fourth-order valence-electron chi connectivity index (χ4n) is 1.94. The van der Waals surface area contributed by atoms with E-state index >= 15 is 0 Å². The van der Waals surface area contributed by atoms with E-state index in [1.807, 2.05) is 0 Å². The summed E-state index contributed by atoms with van der Waals surface area (Å²) in [7, 11) is 1.55. The summed E-state index contributed by atoms with van der Waals surface area (Å²) in [5.41, 5.74) is 1.04. The molecule has 0 aliphatic rings. The van der Waals surface area contributed by atoms with Crippen LogP contribution in [0.25, 0.3) is 6.08 Å². The number of halogens is 1. The summed E-state index contributed by atoms with van der Waals surface area (Å²) in [5.74, 6) is 0.626. The Morgan fingerprint density at radius 2 is 2.00 bits per heavy atom. The number of nitrogens with zero attached hydrogens (tertiary/aromatic N) is 1. The van der Waals surface area contributed by atoms with Crippen LogP contribution in [0.4, 0.5) is 0 Å². The highest BCUT2D eigenvalue weighted by atomic mass is 35.5. The standard InChI is InChI=1S/C16H14ClNO4/c1-22-15-5-2-11(3-6-15)8-14(18(20)21)10-12-9-13(17)4-7-16(12)19/h2-7,9-10,19H,8H2,1H3. The van der Waals surface area contributed by atoms with Crippen molar-refractivity contribution in [1.29, 1.82) is 0 Å². The van der Waals surface area contributed by atoms with Gasteiger partial charge in [0.2, 0.25) is 0 Å². The molecule has 0 aliphatic heterocycles. The van der Waals surface area contributed by atoms with E-state index in [1.165, 1.54) is 24.3 Å². The topological polar surface area (TPSA) is 72.6 Å². The summed E-state index contributed by atoms with van der Waals surface area (Å²) < 4.78 is 5.05. The molecule has 0 unspecified atom stereocenters. The van der Waals surface area contributed by atoms with Crippen molar-refractivity contribution in [2.75, 3.05) is 7.11 Å². The molecule has 1 N–H and O–H groups in total. The Balaban J connectivity index is 2.31. The van der Waals surface area contributed by atoms with Gasteiger partial charge < -0.3 is 9.84 Å². The highest BCUT2D eigenvalue weighted by molar-refractivity contribution is 6.30. The molecule has 5 nitrogen and oxygen atoms in total. The molecule has 0 saturated heterocycles. The highest BCUT2D eigenvalue weighted by Crippen LogP contribution is 2.25. The van der Waals surface area contributed by atoms with Crippen LogP contribution >= 0.6 is 11.6 Å². The van der Waals surface area contributed by atoms with Crippen LogP contribution < -0.4 is 4.74 Å². The highest BCUT2D eigenvalue weighted by Gasteiger charge is 2.14. The van der Waals surface area contributed by atoms with Gasteiger partial charge in [-0.3, -0.25) is 10.1 Å². The Bertz CT molecular complexity index is 711. The lowest BCUT2D eigenvalue weighted by molar-refractivity contribution is -0.425. The van der Waals surface area contributed by atoms with Crippen LogP contribution in [0.2, 0.25) is 5.02 Å². The third kappa shape index (κ3) is 3.99. The molecule has 22 heavy (non-hydrogen) atoms. The molecule has 114 valence electrons. The first-order valence-corrected chi connectivity index (χ1v) is 6.84. The average molecular weight is 320 g/mol. The largest absolute Gasteiger partial charge is 0.507 e. The molecule has 2 rings (SSSR count). The van der Waals surface area contributed by atoms with Gasteiger partial charge in [0.05, 0.1) is 18.5 Å². The number of ether oxygens (including phenoxy) is 1. The van der Waals surface area contributed by atoms with Crippen molar-refractivity contribution in [3.8, 4) is 11.5 Å². The molecule has 2 aromatic rings. The van der Waals surface area contributed by atoms with E-state index in [2.05, 4.69) is 0 Å². The molecule has 0 fully saturated rings. The minimum atomic E-state index is -0.468. The smallest absolute Gasteiger partial charge is 0.251 e. The van der Waals surface area contributed by atoms with Crippen LogP contribution in [0.3, 0.4) is 0 Å². The normalized spacial score (nSPS) is 11.3. The molecule has 0 bridgehead atoms. The zero-order valence-corrected chi connectivity index (χ0v) is 12.6. The van der Waals surface area contributed by atoms with Gasteiger partial charge in [0, 0.05) is 16.7 Å². The number of nitro groups is 1. The van der Waals surface area contributed by atoms with Gasteiger partial charge in [0.25, 0.3) is 5.70 Å². The van der Waals surface area contributed by atoms with Crippen LogP contribution in [0.15, 0.2) is 48.2 Å². The van der Waals surface area contributed by atoms with Gasteiger partial charge in [-0.1, -0.05) is 23.7 Å². The monoisotopic (exact) mass is 319 g/mol. The van der Waals surface area contributed by atoms with Crippen molar-refractivity contribution >= 4 is 17.7 Å². The van der Waals surface area contributed by atoms with Crippen molar-refractivity contribution in [2.45, 2.75) is 6.42 Å². The summed E-state index contributed by atoms with van der Waals surface area (Å²) >= 11 is 5.85. The molecule has 0 aliphatic carbocycles. The summed E-state index contributed by atoms with van der Waals surface area (Å²) in [6.07, 6.45) is 1.45. The number of allylic oxidation sites excluding steroid dienone is 1. The van der Waals surface area contributed by atoms with Crippen molar-refractivity contribution in [1.82, 2.24) is 0 Å². The molecule has 0 spiro atoms. The van der Waals surface area contributed by atoms with Gasteiger partial charge >= 0.3 is 0 Å². The van der Waals surface area contributed by atoms with E-state index in [-0.39, 0.29) is 17.9 Å². The zero-order valence-electron chi connectivity index (χ0n) is 11.8. The van der Waals surface area contributed by atoms with E-state index in [1.54, 1.807) is 31.4 Å². The first kappa shape index (κ1) is 15.9. The molecular weight excluding hydrogens is 306 g/mol. The second-order valence-electron chi connectivity index (χ2n) is 4.62. The minimum absolute atomic E-state index is 0.0391. The Morgan fingerprint density at radius 3 is 2.59 bits per heavy atom. The SMILES string of the molecule is COc1ccc(CC(=Cc2cc(Cl)ccc2O)[N+](=O)[O-])cc1. The fraction of sp³-hybridized carbons (Fsp3) is 0.125. The lowest BCUT2D eigenvalue weighted by atomic mass is 10.1. The second-order valence-corrected chi connectivity index (χ2v) is 5.06. The van der Waals surface area contributed by atoms with E-state index in [0.29, 0.717) is 16.3 Å². The quantitative estimate of drug-likeness (QED) is 0.669. The number of phenolic OH excluding ortho intramolecular Hbond substituents is 1. The molecule has 2 aromatic carbocycles. The molecule has 0 saturated carbocycles. The number of hydrogen-bond acceptors (Lipinski definition) is 4. The maximum absolute atomic E-state index is 11.2. The van der Waals surface area contributed by atoms with Crippen molar-refractivity contribution in [2.24, 2.45) is 0 Å². The number of methoxy groups -OCH3 is 1. The van der Waals surface area contributed by atoms with E-state index < -0.39 is 4.92 Å². The summed E-state index contributed by atoms with van der Waals surface area (Å²) in [6.45, 7) is 0. The Morgan fingerprint density at radius 1 is 1.32 bits per heavy atom. The Kier molecular flexibility index (Phi) is 5.01. The Labute approximate surface area is 132 Å². The molecule has 0 amide bonds. The Hall–Kier alpha value is -2.53. The first-order valence-electron chi connectivity index (χ1n) is 6.46. The molecule has 0 atom stereocenters. The molecule has 0 heterocycles. The number of aromatic hydroxyl groups is 1. The van der Waals surface area contributed by atoms with E-state index in [4.69, 9.17) is 16.3 Å². The van der Waals surface area contributed by atoms with E-state index in [9.17, 15) is 15.2 Å². The number of hydrogen-bond donors (Lipinski definition) is 1. The molecule has 0 radical (unpaired) electrons. The third-order valence-corrected chi connectivity index (χ3v) is 3.33. The second kappa shape index (κ2) is 6.95. The van der Waals surface area contributed by atoms with Gasteiger partial charge in [0.15, 0.2) is 0 Å². The van der Waals surface area contributed by atoms with Crippen LogP contribution in [-0.4, -0.2) is 17.1 Å². The summed E-state index contributed by atoms with van der Waals surface area (Å²) in [4.78, 5) is 10.8. The molecular formula is C16H14ClNO4. The van der Waals surface area contributed by atoms with E-state index in [0.717, 1.165) is 5.56 Å². The minimum Gasteiger partial charge on any atom is -0.507 e. The van der Waals surface area contributed by atoms with Gasteiger partial charge in [-0.05, 0) is 35.9 Å². The number of phenols is 1.